The van der Waals surface area contributed by atoms with Crippen LogP contribution in [0.2, 0.25) is 0 Å². The maximum Gasteiger partial charge on any atom is 0.204 e. The van der Waals surface area contributed by atoms with Gasteiger partial charge in [-0.2, -0.15) is 0 Å². The van der Waals surface area contributed by atoms with Crippen molar-refractivity contribution in [2.45, 2.75) is 11.8 Å². The van der Waals surface area contributed by atoms with E-state index in [9.17, 15) is 13.2 Å². The highest BCUT2D eigenvalue weighted by atomic mass is 79.9. The second kappa shape index (κ2) is 5.31. The van der Waals surface area contributed by atoms with E-state index in [-0.39, 0.29) is 21.9 Å². The Morgan fingerprint density at radius 3 is 2.40 bits per heavy atom. The van der Waals surface area contributed by atoms with Crippen LogP contribution in [0.25, 0.3) is 0 Å². The Morgan fingerprint density at radius 2 is 1.90 bits per heavy atom. The highest BCUT2D eigenvalue weighted by Crippen LogP contribution is 2.30. The van der Waals surface area contributed by atoms with E-state index in [1.165, 1.54) is 29.5 Å². The smallest absolute Gasteiger partial charge is 0.204 e. The Balaban J connectivity index is 2.56. The first-order valence-corrected chi connectivity index (χ1v) is 9.10. The van der Waals surface area contributed by atoms with E-state index in [0.29, 0.717) is 9.35 Å². The SMILES string of the molecule is Cc1cc(Br)c(C(=O)c2cc(N)cc(S(C)(=O)=O)c2)s1. The molecule has 0 saturated carbocycles. The highest BCUT2D eigenvalue weighted by Gasteiger charge is 2.18. The summed E-state index contributed by atoms with van der Waals surface area (Å²) in [6.45, 7) is 1.90. The average molecular weight is 374 g/mol. The monoisotopic (exact) mass is 373 g/mol. The summed E-state index contributed by atoms with van der Waals surface area (Å²) in [6, 6.07) is 6.04. The summed E-state index contributed by atoms with van der Waals surface area (Å²) < 4.78 is 23.9. The minimum absolute atomic E-state index is 0.0465. The average Bonchev–Trinajstić information content (AvgIpc) is 2.65. The van der Waals surface area contributed by atoms with Gasteiger partial charge in [-0.1, -0.05) is 0 Å². The van der Waals surface area contributed by atoms with Crippen molar-refractivity contribution in [1.29, 1.82) is 0 Å². The number of rotatable bonds is 3. The van der Waals surface area contributed by atoms with Crippen molar-refractivity contribution in [1.82, 2.24) is 0 Å². The number of hydrogen-bond acceptors (Lipinski definition) is 5. The lowest BCUT2D eigenvalue weighted by Crippen LogP contribution is -2.05. The predicted molar refractivity (Wildman–Crippen MR) is 84.2 cm³/mol. The highest BCUT2D eigenvalue weighted by molar-refractivity contribution is 9.10. The second-order valence-electron chi connectivity index (χ2n) is 4.43. The summed E-state index contributed by atoms with van der Waals surface area (Å²) in [6.07, 6.45) is 1.08. The first-order valence-electron chi connectivity index (χ1n) is 5.60. The molecule has 1 aromatic carbocycles. The third kappa shape index (κ3) is 3.11. The van der Waals surface area contributed by atoms with E-state index in [2.05, 4.69) is 15.9 Å². The topological polar surface area (TPSA) is 77.2 Å². The van der Waals surface area contributed by atoms with Gasteiger partial charge in [0, 0.05) is 26.9 Å². The Hall–Kier alpha value is -1.18. The lowest BCUT2D eigenvalue weighted by Gasteiger charge is -2.05. The van der Waals surface area contributed by atoms with Gasteiger partial charge in [-0.15, -0.1) is 11.3 Å². The predicted octanol–water partition coefficient (Wildman–Crippen LogP) is 3.04. The standard InChI is InChI=1S/C13H12BrNO3S2/c1-7-3-11(14)13(19-7)12(16)8-4-9(15)6-10(5-8)20(2,17)18/h3-6H,15H2,1-2H3. The number of nitrogen functional groups attached to an aromatic ring is 1. The first-order chi connectivity index (χ1) is 9.18. The molecule has 0 saturated heterocycles. The van der Waals surface area contributed by atoms with Crippen LogP contribution in [0.3, 0.4) is 0 Å². The summed E-state index contributed by atoms with van der Waals surface area (Å²) in [5.41, 5.74) is 6.21. The maximum absolute atomic E-state index is 12.4. The normalized spacial score (nSPS) is 11.6. The van der Waals surface area contributed by atoms with Gasteiger partial charge in [-0.3, -0.25) is 4.79 Å². The summed E-state index contributed by atoms with van der Waals surface area (Å²) >= 11 is 4.68. The first kappa shape index (κ1) is 15.2. The minimum Gasteiger partial charge on any atom is -0.399 e. The van der Waals surface area contributed by atoms with E-state index in [0.717, 1.165) is 11.1 Å². The molecule has 0 atom stereocenters. The van der Waals surface area contributed by atoms with Crippen LogP contribution in [0.5, 0.6) is 0 Å². The van der Waals surface area contributed by atoms with Crippen molar-refractivity contribution in [3.05, 3.63) is 44.1 Å². The molecule has 0 unspecified atom stereocenters. The van der Waals surface area contributed by atoms with E-state index < -0.39 is 9.84 Å². The number of nitrogens with two attached hydrogens (primary N) is 1. The van der Waals surface area contributed by atoms with Crippen molar-refractivity contribution < 1.29 is 13.2 Å². The van der Waals surface area contributed by atoms with Crippen LogP contribution >= 0.6 is 27.3 Å². The molecule has 2 rings (SSSR count). The molecule has 2 N–H and O–H groups in total. The second-order valence-corrected chi connectivity index (χ2v) is 8.55. The zero-order valence-electron chi connectivity index (χ0n) is 10.8. The lowest BCUT2D eigenvalue weighted by molar-refractivity contribution is 0.104. The Bertz CT molecular complexity index is 794. The van der Waals surface area contributed by atoms with Gasteiger partial charge in [-0.25, -0.2) is 8.42 Å². The molecule has 2 aromatic rings. The van der Waals surface area contributed by atoms with E-state index >= 15 is 0 Å². The molecule has 0 aliphatic heterocycles. The van der Waals surface area contributed by atoms with Crippen LogP contribution in [0.1, 0.15) is 20.1 Å². The number of halogens is 1. The van der Waals surface area contributed by atoms with E-state index in [4.69, 9.17) is 5.73 Å². The number of thiophene rings is 1. The van der Waals surface area contributed by atoms with Crippen molar-refractivity contribution in [2.75, 3.05) is 12.0 Å². The fourth-order valence-corrected chi connectivity index (χ4v) is 4.21. The van der Waals surface area contributed by atoms with Gasteiger partial charge in [0.25, 0.3) is 0 Å². The third-order valence-electron chi connectivity index (χ3n) is 2.64. The Labute approximate surface area is 129 Å². The van der Waals surface area contributed by atoms with Crippen LogP contribution < -0.4 is 5.73 Å². The molecule has 0 aliphatic rings. The number of anilines is 1. The fourth-order valence-electron chi connectivity index (χ4n) is 1.74. The number of ketones is 1. The molecule has 1 heterocycles. The minimum atomic E-state index is -3.41. The number of benzene rings is 1. The molecule has 7 heteroatoms. The van der Waals surface area contributed by atoms with Gasteiger partial charge in [0.1, 0.15) is 0 Å². The molecule has 1 aromatic heterocycles. The fraction of sp³-hybridized carbons (Fsp3) is 0.154. The van der Waals surface area contributed by atoms with Gasteiger partial charge in [-0.05, 0) is 47.1 Å². The molecule has 0 amide bonds. The molecule has 106 valence electrons. The molecule has 4 nitrogen and oxygen atoms in total. The van der Waals surface area contributed by atoms with Crippen molar-refractivity contribution >= 4 is 48.6 Å². The van der Waals surface area contributed by atoms with Gasteiger partial charge in [0.2, 0.25) is 5.78 Å². The molecular weight excluding hydrogens is 362 g/mol. The summed E-state index contributed by atoms with van der Waals surface area (Å²) in [5, 5.41) is 0. The van der Waals surface area contributed by atoms with Crippen LogP contribution in [0.4, 0.5) is 5.69 Å². The summed E-state index contributed by atoms with van der Waals surface area (Å²) in [5.74, 6) is -0.243. The maximum atomic E-state index is 12.4. The van der Waals surface area contributed by atoms with Gasteiger partial charge in [0.05, 0.1) is 9.77 Å². The third-order valence-corrected chi connectivity index (χ3v) is 5.66. The van der Waals surface area contributed by atoms with Crippen LogP contribution in [0, 0.1) is 6.92 Å². The zero-order chi connectivity index (χ0) is 15.1. The molecule has 20 heavy (non-hydrogen) atoms. The lowest BCUT2D eigenvalue weighted by atomic mass is 10.1. The van der Waals surface area contributed by atoms with Gasteiger partial charge < -0.3 is 5.73 Å². The molecule has 0 aliphatic carbocycles. The van der Waals surface area contributed by atoms with Gasteiger partial charge in [0.15, 0.2) is 9.84 Å². The van der Waals surface area contributed by atoms with Crippen LogP contribution in [-0.2, 0) is 9.84 Å². The van der Waals surface area contributed by atoms with E-state index in [1.807, 2.05) is 13.0 Å². The molecule has 0 fully saturated rings. The molecule has 0 bridgehead atoms. The summed E-state index contributed by atoms with van der Waals surface area (Å²) in [7, 11) is -3.41. The van der Waals surface area contributed by atoms with Gasteiger partial charge >= 0.3 is 0 Å². The van der Waals surface area contributed by atoms with Crippen molar-refractivity contribution in [2.24, 2.45) is 0 Å². The number of sulfone groups is 1. The van der Waals surface area contributed by atoms with Crippen LogP contribution in [0.15, 0.2) is 33.6 Å². The largest absolute Gasteiger partial charge is 0.399 e. The number of carbonyl (C=O) groups excluding carboxylic acids is 1. The Morgan fingerprint density at radius 1 is 1.25 bits per heavy atom. The molecule has 0 spiro atoms. The van der Waals surface area contributed by atoms with Crippen molar-refractivity contribution in [3.8, 4) is 0 Å². The molecule has 0 radical (unpaired) electrons. The quantitative estimate of drug-likeness (QED) is 0.662. The number of carbonyl (C=O) groups is 1. The van der Waals surface area contributed by atoms with Crippen molar-refractivity contribution in [3.63, 3.8) is 0 Å². The number of hydrogen-bond donors (Lipinski definition) is 1. The summed E-state index contributed by atoms with van der Waals surface area (Å²) in [4.78, 5) is 14.0. The van der Waals surface area contributed by atoms with Crippen LogP contribution in [-0.4, -0.2) is 20.5 Å². The molecular formula is C13H12BrNO3S2. The van der Waals surface area contributed by atoms with E-state index in [1.54, 1.807) is 0 Å². The Kier molecular flexibility index (Phi) is 4.04. The zero-order valence-corrected chi connectivity index (χ0v) is 14.0. The number of aryl methyl sites for hydroxylation is 1.